The Morgan fingerprint density at radius 1 is 1.20 bits per heavy atom. The standard InChI is InChI=1S/C13H12ClFN2O2S/c1-8-12(15)6-11(7-13(8)16)20(18,19)17-10-4-2-9(14)3-5-10/h2-7,17H,16H2,1H3. The Bertz CT molecular complexity index is 722. The number of nitrogens with two attached hydrogens (primary N) is 1. The third-order valence-electron chi connectivity index (χ3n) is 2.76. The molecule has 0 unspecified atom stereocenters. The highest BCUT2D eigenvalue weighted by atomic mass is 35.5. The second-order valence-corrected chi connectivity index (χ2v) is 6.35. The smallest absolute Gasteiger partial charge is 0.262 e. The highest BCUT2D eigenvalue weighted by Gasteiger charge is 2.17. The summed E-state index contributed by atoms with van der Waals surface area (Å²) in [6.07, 6.45) is 0. The van der Waals surface area contributed by atoms with E-state index in [1.165, 1.54) is 25.1 Å². The van der Waals surface area contributed by atoms with Crippen LogP contribution in [0.15, 0.2) is 41.3 Å². The van der Waals surface area contributed by atoms with Crippen LogP contribution in [0.25, 0.3) is 0 Å². The first-order valence-corrected chi connectivity index (χ1v) is 7.50. The summed E-state index contributed by atoms with van der Waals surface area (Å²) in [5.74, 6) is -0.665. The van der Waals surface area contributed by atoms with Crippen LogP contribution in [0.2, 0.25) is 5.02 Å². The Balaban J connectivity index is 2.38. The molecule has 0 radical (unpaired) electrons. The van der Waals surface area contributed by atoms with E-state index in [4.69, 9.17) is 17.3 Å². The molecule has 2 aromatic rings. The zero-order valence-electron chi connectivity index (χ0n) is 10.5. The van der Waals surface area contributed by atoms with Crippen LogP contribution >= 0.6 is 11.6 Å². The lowest BCUT2D eigenvalue weighted by Crippen LogP contribution is -2.14. The minimum absolute atomic E-state index is 0.0847. The van der Waals surface area contributed by atoms with Crippen molar-refractivity contribution in [2.24, 2.45) is 0 Å². The minimum Gasteiger partial charge on any atom is -0.398 e. The van der Waals surface area contributed by atoms with Crippen molar-refractivity contribution in [2.75, 3.05) is 10.5 Å². The van der Waals surface area contributed by atoms with E-state index in [0.29, 0.717) is 10.7 Å². The maximum Gasteiger partial charge on any atom is 0.262 e. The lowest BCUT2D eigenvalue weighted by atomic mass is 10.2. The number of hydrogen-bond acceptors (Lipinski definition) is 3. The van der Waals surface area contributed by atoms with Crippen molar-refractivity contribution in [1.29, 1.82) is 0 Å². The maximum atomic E-state index is 13.6. The summed E-state index contributed by atoms with van der Waals surface area (Å²) in [7, 11) is -3.90. The predicted octanol–water partition coefficient (Wildman–Crippen LogP) is 3.17. The van der Waals surface area contributed by atoms with Crippen molar-refractivity contribution in [3.8, 4) is 0 Å². The van der Waals surface area contributed by atoms with Gasteiger partial charge in [0, 0.05) is 22.0 Å². The highest BCUT2D eigenvalue weighted by molar-refractivity contribution is 7.92. The first-order valence-electron chi connectivity index (χ1n) is 5.63. The van der Waals surface area contributed by atoms with Gasteiger partial charge in [-0.15, -0.1) is 0 Å². The number of rotatable bonds is 3. The topological polar surface area (TPSA) is 72.2 Å². The molecule has 2 rings (SSSR count). The van der Waals surface area contributed by atoms with Crippen molar-refractivity contribution in [3.63, 3.8) is 0 Å². The molecule has 106 valence electrons. The van der Waals surface area contributed by atoms with Gasteiger partial charge >= 0.3 is 0 Å². The van der Waals surface area contributed by atoms with Gasteiger partial charge in [0.25, 0.3) is 10.0 Å². The van der Waals surface area contributed by atoms with Crippen LogP contribution in [0.1, 0.15) is 5.56 Å². The molecule has 0 bridgehead atoms. The molecule has 0 atom stereocenters. The van der Waals surface area contributed by atoms with Crippen LogP contribution in [0, 0.1) is 12.7 Å². The molecule has 3 N–H and O–H groups in total. The second-order valence-electron chi connectivity index (χ2n) is 4.23. The van der Waals surface area contributed by atoms with Crippen LogP contribution in [-0.2, 0) is 10.0 Å². The van der Waals surface area contributed by atoms with Crippen molar-refractivity contribution in [3.05, 3.63) is 52.8 Å². The molecule has 0 heterocycles. The number of hydrogen-bond donors (Lipinski definition) is 2. The number of halogens is 2. The maximum absolute atomic E-state index is 13.6. The highest BCUT2D eigenvalue weighted by Crippen LogP contribution is 2.23. The number of benzene rings is 2. The number of nitrogen functional groups attached to an aromatic ring is 1. The van der Waals surface area contributed by atoms with Gasteiger partial charge in [0.15, 0.2) is 0 Å². The van der Waals surface area contributed by atoms with E-state index < -0.39 is 15.8 Å². The monoisotopic (exact) mass is 314 g/mol. The molecule has 0 fully saturated rings. The number of sulfonamides is 1. The quantitative estimate of drug-likeness (QED) is 0.855. The Morgan fingerprint density at radius 3 is 2.35 bits per heavy atom. The molecule has 20 heavy (non-hydrogen) atoms. The summed E-state index contributed by atoms with van der Waals surface area (Å²) in [6.45, 7) is 1.48. The Morgan fingerprint density at radius 2 is 1.80 bits per heavy atom. The molecule has 0 saturated heterocycles. The van der Waals surface area contributed by atoms with Gasteiger partial charge in [-0.05, 0) is 43.3 Å². The Hall–Kier alpha value is -1.79. The molecule has 0 saturated carbocycles. The van der Waals surface area contributed by atoms with Crippen LogP contribution < -0.4 is 10.5 Å². The molecule has 0 aromatic heterocycles. The molecular formula is C13H12ClFN2O2S. The summed E-state index contributed by atoms with van der Waals surface area (Å²) in [4.78, 5) is -0.229. The Kier molecular flexibility index (Phi) is 3.87. The molecular weight excluding hydrogens is 303 g/mol. The molecule has 0 aliphatic rings. The average molecular weight is 315 g/mol. The molecule has 0 aliphatic carbocycles. The van der Waals surface area contributed by atoms with E-state index in [2.05, 4.69) is 4.72 Å². The second kappa shape index (κ2) is 5.30. The van der Waals surface area contributed by atoms with E-state index in [-0.39, 0.29) is 16.1 Å². The normalized spacial score (nSPS) is 11.3. The fourth-order valence-electron chi connectivity index (χ4n) is 1.56. The van der Waals surface area contributed by atoms with E-state index in [9.17, 15) is 12.8 Å². The van der Waals surface area contributed by atoms with E-state index >= 15 is 0 Å². The van der Waals surface area contributed by atoms with Crippen LogP contribution in [-0.4, -0.2) is 8.42 Å². The number of nitrogens with one attached hydrogen (secondary N) is 1. The SMILES string of the molecule is Cc1c(N)cc(S(=O)(=O)Nc2ccc(Cl)cc2)cc1F. The summed E-state index contributed by atoms with van der Waals surface area (Å²) in [6, 6.07) is 8.26. The lowest BCUT2D eigenvalue weighted by molar-refractivity contribution is 0.593. The van der Waals surface area contributed by atoms with Crippen molar-refractivity contribution >= 4 is 33.0 Å². The van der Waals surface area contributed by atoms with Gasteiger partial charge in [-0.25, -0.2) is 12.8 Å². The molecule has 2 aromatic carbocycles. The van der Waals surface area contributed by atoms with Crippen molar-refractivity contribution in [2.45, 2.75) is 11.8 Å². The fraction of sp³-hybridized carbons (Fsp3) is 0.0769. The largest absolute Gasteiger partial charge is 0.398 e. The van der Waals surface area contributed by atoms with Gasteiger partial charge in [-0.3, -0.25) is 4.72 Å². The summed E-state index contributed by atoms with van der Waals surface area (Å²) in [5, 5.41) is 0.485. The predicted molar refractivity (Wildman–Crippen MR) is 77.8 cm³/mol. The zero-order valence-corrected chi connectivity index (χ0v) is 12.1. The van der Waals surface area contributed by atoms with E-state index in [0.717, 1.165) is 6.07 Å². The van der Waals surface area contributed by atoms with Gasteiger partial charge in [-0.1, -0.05) is 11.6 Å². The van der Waals surface area contributed by atoms with Crippen LogP contribution in [0.3, 0.4) is 0 Å². The lowest BCUT2D eigenvalue weighted by Gasteiger charge is -2.10. The van der Waals surface area contributed by atoms with Crippen LogP contribution in [0.5, 0.6) is 0 Å². The molecule has 0 amide bonds. The van der Waals surface area contributed by atoms with Gasteiger partial charge < -0.3 is 5.73 Å². The molecule has 7 heteroatoms. The zero-order chi connectivity index (χ0) is 14.9. The third kappa shape index (κ3) is 3.02. The third-order valence-corrected chi connectivity index (χ3v) is 4.38. The van der Waals surface area contributed by atoms with Gasteiger partial charge in [0.1, 0.15) is 5.82 Å². The van der Waals surface area contributed by atoms with Gasteiger partial charge in [0.05, 0.1) is 4.90 Å². The number of anilines is 2. The van der Waals surface area contributed by atoms with Crippen molar-refractivity contribution in [1.82, 2.24) is 0 Å². The van der Waals surface area contributed by atoms with Gasteiger partial charge in [0.2, 0.25) is 0 Å². The summed E-state index contributed by atoms with van der Waals surface area (Å²) in [5.41, 5.74) is 6.21. The Labute approximate surface area is 121 Å². The average Bonchev–Trinajstić information content (AvgIpc) is 2.38. The van der Waals surface area contributed by atoms with E-state index in [1.54, 1.807) is 12.1 Å². The van der Waals surface area contributed by atoms with E-state index in [1.807, 2.05) is 0 Å². The molecule has 0 aliphatic heterocycles. The summed E-state index contributed by atoms with van der Waals surface area (Å²) < 4.78 is 40.2. The van der Waals surface area contributed by atoms with Crippen LogP contribution in [0.4, 0.5) is 15.8 Å². The van der Waals surface area contributed by atoms with Gasteiger partial charge in [-0.2, -0.15) is 0 Å². The summed E-state index contributed by atoms with van der Waals surface area (Å²) >= 11 is 5.72. The molecule has 4 nitrogen and oxygen atoms in total. The van der Waals surface area contributed by atoms with Crippen molar-refractivity contribution < 1.29 is 12.8 Å². The first kappa shape index (κ1) is 14.6. The molecule has 0 spiro atoms. The minimum atomic E-state index is -3.90. The first-order chi connectivity index (χ1) is 9.29. The fourth-order valence-corrected chi connectivity index (χ4v) is 2.79.